The lowest BCUT2D eigenvalue weighted by molar-refractivity contribution is -0.146. The van der Waals surface area contributed by atoms with Crippen LogP contribution in [-0.4, -0.2) is 19.1 Å². The van der Waals surface area contributed by atoms with Crippen LogP contribution in [0.15, 0.2) is 24.3 Å². The van der Waals surface area contributed by atoms with Gasteiger partial charge in [-0.05, 0) is 25.1 Å². The standard InChI is InChI=1S/C14H17NO2/c1-4-12-7-6-8-13(9-12)15-10-11(3)14(16)17-5-2/h1,6-9,11,15H,5,10H2,2-3H3. The highest BCUT2D eigenvalue weighted by molar-refractivity contribution is 5.72. The molecule has 1 aromatic rings. The van der Waals surface area contributed by atoms with Gasteiger partial charge in [-0.2, -0.15) is 0 Å². The first-order valence-corrected chi connectivity index (χ1v) is 5.64. The predicted molar refractivity (Wildman–Crippen MR) is 68.7 cm³/mol. The highest BCUT2D eigenvalue weighted by Crippen LogP contribution is 2.10. The van der Waals surface area contributed by atoms with E-state index in [1.54, 1.807) is 6.92 Å². The Bertz CT molecular complexity index is 420. The zero-order valence-electron chi connectivity index (χ0n) is 10.2. The summed E-state index contributed by atoms with van der Waals surface area (Å²) in [6.07, 6.45) is 5.31. The van der Waals surface area contributed by atoms with E-state index >= 15 is 0 Å². The summed E-state index contributed by atoms with van der Waals surface area (Å²) in [5.74, 6) is 2.20. The number of hydrogen-bond acceptors (Lipinski definition) is 3. The second-order valence-electron chi connectivity index (χ2n) is 3.76. The van der Waals surface area contributed by atoms with Crippen molar-refractivity contribution in [1.29, 1.82) is 0 Å². The second kappa shape index (κ2) is 6.59. The number of carbonyl (C=O) groups excluding carboxylic acids is 1. The molecule has 1 aromatic carbocycles. The molecule has 0 fully saturated rings. The first-order chi connectivity index (χ1) is 8.17. The third-order valence-corrected chi connectivity index (χ3v) is 2.33. The molecular formula is C14H17NO2. The van der Waals surface area contributed by atoms with Crippen molar-refractivity contribution in [3.05, 3.63) is 29.8 Å². The van der Waals surface area contributed by atoms with E-state index in [1.807, 2.05) is 31.2 Å². The molecule has 17 heavy (non-hydrogen) atoms. The van der Waals surface area contributed by atoms with Crippen LogP contribution >= 0.6 is 0 Å². The summed E-state index contributed by atoms with van der Waals surface area (Å²) in [6, 6.07) is 7.53. The van der Waals surface area contributed by atoms with Gasteiger partial charge in [0.05, 0.1) is 12.5 Å². The molecule has 0 radical (unpaired) electrons. The fraction of sp³-hybridized carbons (Fsp3) is 0.357. The molecule has 0 amide bonds. The lowest BCUT2D eigenvalue weighted by Gasteiger charge is -2.12. The summed E-state index contributed by atoms with van der Waals surface area (Å²) < 4.78 is 4.93. The topological polar surface area (TPSA) is 38.3 Å². The van der Waals surface area contributed by atoms with E-state index in [9.17, 15) is 4.79 Å². The maximum atomic E-state index is 11.4. The Morgan fingerprint density at radius 3 is 3.00 bits per heavy atom. The average molecular weight is 231 g/mol. The van der Waals surface area contributed by atoms with Crippen LogP contribution in [0.5, 0.6) is 0 Å². The third kappa shape index (κ3) is 4.20. The lowest BCUT2D eigenvalue weighted by Crippen LogP contribution is -2.22. The van der Waals surface area contributed by atoms with E-state index in [4.69, 9.17) is 11.2 Å². The van der Waals surface area contributed by atoms with E-state index in [-0.39, 0.29) is 11.9 Å². The van der Waals surface area contributed by atoms with Gasteiger partial charge in [0.15, 0.2) is 0 Å². The SMILES string of the molecule is C#Cc1cccc(NCC(C)C(=O)OCC)c1. The number of hydrogen-bond donors (Lipinski definition) is 1. The van der Waals surface area contributed by atoms with Crippen LogP contribution in [0, 0.1) is 18.3 Å². The summed E-state index contributed by atoms with van der Waals surface area (Å²) in [5, 5.41) is 3.16. The predicted octanol–water partition coefficient (Wildman–Crippen LogP) is 2.28. The second-order valence-corrected chi connectivity index (χ2v) is 3.76. The summed E-state index contributed by atoms with van der Waals surface area (Å²) in [4.78, 5) is 11.4. The largest absolute Gasteiger partial charge is 0.466 e. The van der Waals surface area contributed by atoms with Crippen LogP contribution in [0.2, 0.25) is 0 Å². The van der Waals surface area contributed by atoms with Gasteiger partial charge >= 0.3 is 5.97 Å². The molecule has 1 atom stereocenters. The van der Waals surface area contributed by atoms with Crippen molar-refractivity contribution >= 4 is 11.7 Å². The summed E-state index contributed by atoms with van der Waals surface area (Å²) in [5.41, 5.74) is 1.73. The highest BCUT2D eigenvalue weighted by Gasteiger charge is 2.13. The molecule has 0 aliphatic carbocycles. The third-order valence-electron chi connectivity index (χ3n) is 2.33. The molecule has 0 aromatic heterocycles. The number of nitrogens with one attached hydrogen (secondary N) is 1. The molecule has 0 aliphatic heterocycles. The minimum absolute atomic E-state index is 0.176. The zero-order chi connectivity index (χ0) is 12.7. The molecule has 1 rings (SSSR count). The van der Waals surface area contributed by atoms with Gasteiger partial charge in [0.25, 0.3) is 0 Å². The van der Waals surface area contributed by atoms with Crippen LogP contribution in [0.25, 0.3) is 0 Å². The van der Waals surface area contributed by atoms with Crippen LogP contribution in [0.4, 0.5) is 5.69 Å². The van der Waals surface area contributed by atoms with Gasteiger partial charge < -0.3 is 10.1 Å². The number of ether oxygens (including phenoxy) is 1. The zero-order valence-corrected chi connectivity index (χ0v) is 10.2. The number of terminal acetylenes is 1. The van der Waals surface area contributed by atoms with E-state index in [0.717, 1.165) is 11.3 Å². The van der Waals surface area contributed by atoms with Crippen molar-refractivity contribution in [1.82, 2.24) is 0 Å². The number of rotatable bonds is 5. The number of anilines is 1. The first kappa shape index (κ1) is 13.1. The Morgan fingerprint density at radius 2 is 2.35 bits per heavy atom. The van der Waals surface area contributed by atoms with Gasteiger partial charge in [0.2, 0.25) is 0 Å². The van der Waals surface area contributed by atoms with Gasteiger partial charge in [-0.25, -0.2) is 0 Å². The molecule has 0 heterocycles. The van der Waals surface area contributed by atoms with E-state index in [1.165, 1.54) is 0 Å². The molecule has 0 bridgehead atoms. The fourth-order valence-corrected chi connectivity index (χ4v) is 1.36. The van der Waals surface area contributed by atoms with Gasteiger partial charge in [0, 0.05) is 17.8 Å². The monoisotopic (exact) mass is 231 g/mol. The molecule has 1 N–H and O–H groups in total. The molecule has 3 nitrogen and oxygen atoms in total. The van der Waals surface area contributed by atoms with Crippen molar-refractivity contribution in [2.24, 2.45) is 5.92 Å². The summed E-state index contributed by atoms with van der Waals surface area (Å²) >= 11 is 0. The fourth-order valence-electron chi connectivity index (χ4n) is 1.36. The van der Waals surface area contributed by atoms with E-state index in [0.29, 0.717) is 13.2 Å². The van der Waals surface area contributed by atoms with Crippen molar-refractivity contribution in [3.8, 4) is 12.3 Å². The highest BCUT2D eigenvalue weighted by atomic mass is 16.5. The van der Waals surface area contributed by atoms with Gasteiger partial charge in [0.1, 0.15) is 0 Å². The number of carbonyl (C=O) groups is 1. The lowest BCUT2D eigenvalue weighted by atomic mass is 10.1. The Balaban J connectivity index is 2.50. The minimum Gasteiger partial charge on any atom is -0.466 e. The van der Waals surface area contributed by atoms with Crippen LogP contribution in [0.1, 0.15) is 19.4 Å². The molecular weight excluding hydrogens is 214 g/mol. The van der Waals surface area contributed by atoms with Gasteiger partial charge in [-0.15, -0.1) is 6.42 Å². The van der Waals surface area contributed by atoms with Crippen LogP contribution < -0.4 is 5.32 Å². The molecule has 1 unspecified atom stereocenters. The van der Waals surface area contributed by atoms with Crippen molar-refractivity contribution < 1.29 is 9.53 Å². The molecule has 0 spiro atoms. The molecule has 0 saturated carbocycles. The molecule has 0 aliphatic rings. The van der Waals surface area contributed by atoms with E-state index < -0.39 is 0 Å². The smallest absolute Gasteiger partial charge is 0.310 e. The summed E-state index contributed by atoms with van der Waals surface area (Å²) in [6.45, 7) is 4.58. The Labute approximate surface area is 102 Å². The van der Waals surface area contributed by atoms with Crippen molar-refractivity contribution in [2.45, 2.75) is 13.8 Å². The van der Waals surface area contributed by atoms with Gasteiger partial charge in [-0.3, -0.25) is 4.79 Å². The molecule has 90 valence electrons. The Morgan fingerprint density at radius 1 is 1.59 bits per heavy atom. The first-order valence-electron chi connectivity index (χ1n) is 5.64. The molecule has 0 saturated heterocycles. The van der Waals surface area contributed by atoms with Crippen LogP contribution in [-0.2, 0) is 9.53 Å². The summed E-state index contributed by atoms with van der Waals surface area (Å²) in [7, 11) is 0. The van der Waals surface area contributed by atoms with Crippen molar-refractivity contribution in [3.63, 3.8) is 0 Å². The maximum Gasteiger partial charge on any atom is 0.310 e. The van der Waals surface area contributed by atoms with Gasteiger partial charge in [-0.1, -0.05) is 18.9 Å². The van der Waals surface area contributed by atoms with Crippen LogP contribution in [0.3, 0.4) is 0 Å². The maximum absolute atomic E-state index is 11.4. The minimum atomic E-state index is -0.187. The number of benzene rings is 1. The average Bonchev–Trinajstić information content (AvgIpc) is 2.36. The Hall–Kier alpha value is -1.95. The molecule has 3 heteroatoms. The Kier molecular flexibility index (Phi) is 5.09. The quantitative estimate of drug-likeness (QED) is 0.624. The normalized spacial score (nSPS) is 11.4. The number of esters is 1. The van der Waals surface area contributed by atoms with E-state index in [2.05, 4.69) is 11.2 Å². The van der Waals surface area contributed by atoms with Crippen molar-refractivity contribution in [2.75, 3.05) is 18.5 Å².